The number of rotatable bonds is 3. The number of hydrogen-bond acceptors (Lipinski definition) is 3. The monoisotopic (exact) mass is 264 g/mol. The Morgan fingerprint density at radius 1 is 1.05 bits per heavy atom. The summed E-state index contributed by atoms with van der Waals surface area (Å²) in [6.45, 7) is 2.06. The fraction of sp³-hybridized carbons (Fsp3) is 0.188. The molecule has 0 amide bonds. The first-order valence-corrected chi connectivity index (χ1v) is 6.55. The van der Waals surface area contributed by atoms with Crippen molar-refractivity contribution in [3.63, 3.8) is 0 Å². The van der Waals surface area contributed by atoms with Crippen molar-refractivity contribution < 1.29 is 0 Å². The topological polar surface area (TPSA) is 43.6 Å². The molecule has 4 heteroatoms. The molecule has 0 N–H and O–H groups in total. The molecule has 0 atom stereocenters. The Kier molecular flexibility index (Phi) is 3.29. The molecular formula is C16H16N4. The zero-order chi connectivity index (χ0) is 13.9. The van der Waals surface area contributed by atoms with Gasteiger partial charge in [-0.15, -0.1) is 0 Å². The molecule has 0 aliphatic heterocycles. The summed E-state index contributed by atoms with van der Waals surface area (Å²) in [6, 6.07) is 6.30. The largest absolute Gasteiger partial charge is 0.275 e. The molecule has 4 nitrogen and oxygen atoms in total. The van der Waals surface area contributed by atoms with Gasteiger partial charge in [-0.1, -0.05) is 12.1 Å². The Hall–Kier alpha value is -2.49. The van der Waals surface area contributed by atoms with Crippen molar-refractivity contribution in [3.8, 4) is 11.3 Å². The molecular weight excluding hydrogens is 248 g/mol. The summed E-state index contributed by atoms with van der Waals surface area (Å²) in [6.07, 6.45) is 10.3. The van der Waals surface area contributed by atoms with Gasteiger partial charge in [0.2, 0.25) is 0 Å². The highest BCUT2D eigenvalue weighted by Gasteiger charge is 2.03. The normalized spacial score (nSPS) is 10.7. The maximum Gasteiger partial charge on any atom is 0.0733 e. The molecule has 0 aromatic carbocycles. The van der Waals surface area contributed by atoms with Gasteiger partial charge in [0.25, 0.3) is 0 Å². The molecule has 100 valence electrons. The average Bonchev–Trinajstić information content (AvgIpc) is 2.86. The molecule has 3 heterocycles. The summed E-state index contributed by atoms with van der Waals surface area (Å²) in [5.74, 6) is 0. The SMILES string of the molecule is Cc1cncc(Cc2ccc(-c3cnn(C)c3)nc2)c1. The number of hydrogen-bond donors (Lipinski definition) is 0. The number of aromatic nitrogens is 4. The lowest BCUT2D eigenvalue weighted by Gasteiger charge is -2.03. The van der Waals surface area contributed by atoms with E-state index in [2.05, 4.69) is 34.1 Å². The van der Waals surface area contributed by atoms with E-state index in [9.17, 15) is 0 Å². The van der Waals surface area contributed by atoms with Crippen LogP contribution in [0.15, 0.2) is 49.2 Å². The average molecular weight is 264 g/mol. The fourth-order valence-corrected chi connectivity index (χ4v) is 2.20. The van der Waals surface area contributed by atoms with Crippen LogP contribution in [-0.2, 0) is 13.5 Å². The summed E-state index contributed by atoms with van der Waals surface area (Å²) in [7, 11) is 1.91. The van der Waals surface area contributed by atoms with E-state index >= 15 is 0 Å². The van der Waals surface area contributed by atoms with Gasteiger partial charge in [-0.2, -0.15) is 5.10 Å². The predicted octanol–water partition coefficient (Wildman–Crippen LogP) is 2.78. The van der Waals surface area contributed by atoms with Crippen molar-refractivity contribution >= 4 is 0 Å². The maximum absolute atomic E-state index is 4.51. The lowest BCUT2D eigenvalue weighted by atomic mass is 10.1. The highest BCUT2D eigenvalue weighted by Crippen LogP contribution is 2.17. The first-order chi connectivity index (χ1) is 9.70. The first-order valence-electron chi connectivity index (χ1n) is 6.55. The minimum absolute atomic E-state index is 0.856. The highest BCUT2D eigenvalue weighted by molar-refractivity contribution is 5.56. The van der Waals surface area contributed by atoms with Crippen LogP contribution < -0.4 is 0 Å². The third kappa shape index (κ3) is 2.74. The van der Waals surface area contributed by atoms with E-state index in [0.717, 1.165) is 17.7 Å². The number of aryl methyl sites for hydroxylation is 2. The molecule has 20 heavy (non-hydrogen) atoms. The minimum atomic E-state index is 0.856. The van der Waals surface area contributed by atoms with Gasteiger partial charge in [-0.3, -0.25) is 14.6 Å². The minimum Gasteiger partial charge on any atom is -0.275 e. The summed E-state index contributed by atoms with van der Waals surface area (Å²) in [5.41, 5.74) is 5.56. The standard InChI is InChI=1S/C16H16N4/c1-12-5-14(8-17-7-12)6-13-3-4-16(18-9-13)15-10-19-20(2)11-15/h3-5,7-11H,6H2,1-2H3. The Labute approximate surface area is 118 Å². The summed E-state index contributed by atoms with van der Waals surface area (Å²) >= 11 is 0. The quantitative estimate of drug-likeness (QED) is 0.730. The molecule has 0 fully saturated rings. The van der Waals surface area contributed by atoms with Crippen LogP contribution in [0.1, 0.15) is 16.7 Å². The van der Waals surface area contributed by atoms with Gasteiger partial charge in [0, 0.05) is 43.8 Å². The van der Waals surface area contributed by atoms with E-state index in [4.69, 9.17) is 0 Å². The molecule has 0 bridgehead atoms. The predicted molar refractivity (Wildman–Crippen MR) is 78.2 cm³/mol. The van der Waals surface area contributed by atoms with E-state index in [1.54, 1.807) is 4.68 Å². The van der Waals surface area contributed by atoms with Gasteiger partial charge < -0.3 is 0 Å². The van der Waals surface area contributed by atoms with E-state index in [-0.39, 0.29) is 0 Å². The smallest absolute Gasteiger partial charge is 0.0733 e. The van der Waals surface area contributed by atoms with Crippen LogP contribution in [0.5, 0.6) is 0 Å². The molecule has 0 saturated carbocycles. The van der Waals surface area contributed by atoms with Gasteiger partial charge in [0.15, 0.2) is 0 Å². The van der Waals surface area contributed by atoms with Crippen LogP contribution in [0, 0.1) is 6.92 Å². The van der Waals surface area contributed by atoms with Crippen molar-refractivity contribution in [3.05, 3.63) is 65.9 Å². The fourth-order valence-electron chi connectivity index (χ4n) is 2.20. The zero-order valence-corrected chi connectivity index (χ0v) is 11.6. The summed E-state index contributed by atoms with van der Waals surface area (Å²) in [4.78, 5) is 8.72. The van der Waals surface area contributed by atoms with Gasteiger partial charge >= 0.3 is 0 Å². The van der Waals surface area contributed by atoms with E-state index in [1.807, 2.05) is 44.1 Å². The Morgan fingerprint density at radius 3 is 2.60 bits per heavy atom. The Balaban J connectivity index is 1.79. The van der Waals surface area contributed by atoms with Crippen LogP contribution in [-0.4, -0.2) is 19.7 Å². The van der Waals surface area contributed by atoms with Gasteiger partial charge in [0.1, 0.15) is 0 Å². The van der Waals surface area contributed by atoms with Crippen LogP contribution in [0.3, 0.4) is 0 Å². The molecule has 0 saturated heterocycles. The zero-order valence-electron chi connectivity index (χ0n) is 11.6. The molecule has 3 aromatic heterocycles. The van der Waals surface area contributed by atoms with Crippen molar-refractivity contribution in [2.45, 2.75) is 13.3 Å². The highest BCUT2D eigenvalue weighted by atomic mass is 15.2. The van der Waals surface area contributed by atoms with Crippen LogP contribution in [0.2, 0.25) is 0 Å². The van der Waals surface area contributed by atoms with Crippen molar-refractivity contribution in [2.24, 2.45) is 7.05 Å². The van der Waals surface area contributed by atoms with Crippen LogP contribution >= 0.6 is 0 Å². The van der Waals surface area contributed by atoms with Crippen molar-refractivity contribution in [1.29, 1.82) is 0 Å². The second-order valence-corrected chi connectivity index (χ2v) is 5.00. The number of nitrogens with zero attached hydrogens (tertiary/aromatic N) is 4. The molecule has 0 aliphatic rings. The second-order valence-electron chi connectivity index (χ2n) is 5.00. The summed E-state index contributed by atoms with van der Waals surface area (Å²) < 4.78 is 1.78. The van der Waals surface area contributed by atoms with Crippen LogP contribution in [0.25, 0.3) is 11.3 Å². The van der Waals surface area contributed by atoms with E-state index in [0.29, 0.717) is 0 Å². The van der Waals surface area contributed by atoms with E-state index in [1.165, 1.54) is 16.7 Å². The second kappa shape index (κ2) is 5.25. The van der Waals surface area contributed by atoms with Gasteiger partial charge in [0.05, 0.1) is 11.9 Å². The molecule has 0 radical (unpaired) electrons. The first kappa shape index (κ1) is 12.5. The molecule has 0 spiro atoms. The third-order valence-electron chi connectivity index (χ3n) is 3.17. The number of pyridine rings is 2. The van der Waals surface area contributed by atoms with Crippen molar-refractivity contribution in [1.82, 2.24) is 19.7 Å². The third-order valence-corrected chi connectivity index (χ3v) is 3.17. The molecule has 3 aromatic rings. The van der Waals surface area contributed by atoms with Gasteiger partial charge in [-0.05, 0) is 29.7 Å². The lowest BCUT2D eigenvalue weighted by molar-refractivity contribution is 0.768. The molecule has 0 aliphatic carbocycles. The molecule has 3 rings (SSSR count). The summed E-state index contributed by atoms with van der Waals surface area (Å²) in [5, 5.41) is 4.16. The van der Waals surface area contributed by atoms with E-state index < -0.39 is 0 Å². The maximum atomic E-state index is 4.51. The Bertz CT molecular complexity index is 713. The Morgan fingerprint density at radius 2 is 1.95 bits per heavy atom. The van der Waals surface area contributed by atoms with Crippen LogP contribution in [0.4, 0.5) is 0 Å². The molecule has 0 unspecified atom stereocenters. The van der Waals surface area contributed by atoms with Gasteiger partial charge in [-0.25, -0.2) is 0 Å². The lowest BCUT2D eigenvalue weighted by Crippen LogP contribution is -1.92. The van der Waals surface area contributed by atoms with Crippen molar-refractivity contribution in [2.75, 3.05) is 0 Å².